The molecule has 1 aromatic rings. The van der Waals surface area contributed by atoms with Gasteiger partial charge in [-0.25, -0.2) is 0 Å². The Labute approximate surface area is 120 Å². The number of amides is 1. The quantitative estimate of drug-likeness (QED) is 0.827. The summed E-state index contributed by atoms with van der Waals surface area (Å²) in [5.74, 6) is 3.20. The lowest BCUT2D eigenvalue weighted by Crippen LogP contribution is -2.39. The fourth-order valence-corrected chi connectivity index (χ4v) is 3.50. The van der Waals surface area contributed by atoms with Crippen LogP contribution in [0, 0.1) is 18.3 Å². The molecular formula is C17H20N2O. The van der Waals surface area contributed by atoms with Gasteiger partial charge in [0.1, 0.15) is 0 Å². The van der Waals surface area contributed by atoms with Crippen LogP contribution in [0.3, 0.4) is 0 Å². The molecular weight excluding hydrogens is 248 g/mol. The Morgan fingerprint density at radius 2 is 2.10 bits per heavy atom. The number of terminal acetylenes is 1. The summed E-state index contributed by atoms with van der Waals surface area (Å²) in [6.07, 6.45) is 10.8. The molecule has 2 heterocycles. The van der Waals surface area contributed by atoms with Crippen molar-refractivity contribution >= 4 is 11.6 Å². The predicted molar refractivity (Wildman–Crippen MR) is 80.3 cm³/mol. The third-order valence-electron chi connectivity index (χ3n) is 4.36. The van der Waals surface area contributed by atoms with E-state index in [1.165, 1.54) is 12.8 Å². The molecule has 1 amide bonds. The second-order valence-electron chi connectivity index (χ2n) is 5.95. The molecule has 2 atom stereocenters. The van der Waals surface area contributed by atoms with Crippen LogP contribution < -0.4 is 10.6 Å². The third-order valence-corrected chi connectivity index (χ3v) is 4.36. The average Bonchev–Trinajstić information content (AvgIpc) is 2.78. The molecule has 0 radical (unpaired) electrons. The first kappa shape index (κ1) is 13.2. The van der Waals surface area contributed by atoms with Crippen LogP contribution in [-0.2, 0) is 4.79 Å². The fraction of sp³-hybridized carbons (Fsp3) is 0.471. The Morgan fingerprint density at radius 3 is 2.80 bits per heavy atom. The normalized spacial score (nSPS) is 27.9. The Hall–Kier alpha value is -1.79. The van der Waals surface area contributed by atoms with Crippen LogP contribution in [0.4, 0.5) is 5.69 Å². The van der Waals surface area contributed by atoms with Gasteiger partial charge in [0.15, 0.2) is 0 Å². The first-order chi connectivity index (χ1) is 9.72. The summed E-state index contributed by atoms with van der Waals surface area (Å²) in [4.78, 5) is 12.1. The Morgan fingerprint density at radius 1 is 1.35 bits per heavy atom. The van der Waals surface area contributed by atoms with Gasteiger partial charge in [-0.2, -0.15) is 0 Å². The lowest BCUT2D eigenvalue weighted by Gasteiger charge is -2.28. The summed E-state index contributed by atoms with van der Waals surface area (Å²) in [5.41, 5.74) is 1.59. The smallest absolute Gasteiger partial charge is 0.224 e. The molecule has 2 aliphatic rings. The molecule has 2 aliphatic heterocycles. The molecule has 3 nitrogen and oxygen atoms in total. The van der Waals surface area contributed by atoms with Crippen LogP contribution in [0.15, 0.2) is 24.3 Å². The molecule has 104 valence electrons. The van der Waals surface area contributed by atoms with Gasteiger partial charge in [0.05, 0.1) is 0 Å². The molecule has 0 aliphatic carbocycles. The summed E-state index contributed by atoms with van der Waals surface area (Å²) in [7, 11) is 0. The van der Waals surface area contributed by atoms with E-state index in [1.807, 2.05) is 24.3 Å². The van der Waals surface area contributed by atoms with E-state index in [2.05, 4.69) is 16.6 Å². The number of hydrogen-bond donors (Lipinski definition) is 2. The molecule has 2 unspecified atom stereocenters. The van der Waals surface area contributed by atoms with Crippen molar-refractivity contribution in [2.45, 2.75) is 44.2 Å². The fourth-order valence-electron chi connectivity index (χ4n) is 3.50. The first-order valence-electron chi connectivity index (χ1n) is 7.35. The number of benzene rings is 1. The zero-order chi connectivity index (χ0) is 13.9. The maximum absolute atomic E-state index is 12.1. The van der Waals surface area contributed by atoms with E-state index in [4.69, 9.17) is 6.42 Å². The van der Waals surface area contributed by atoms with E-state index in [0.717, 1.165) is 24.1 Å². The first-order valence-corrected chi connectivity index (χ1v) is 7.35. The predicted octanol–water partition coefficient (Wildman–Crippen LogP) is 2.53. The molecule has 1 aromatic carbocycles. The van der Waals surface area contributed by atoms with Crippen molar-refractivity contribution in [2.24, 2.45) is 5.92 Å². The van der Waals surface area contributed by atoms with Crippen LogP contribution in [0.5, 0.6) is 0 Å². The SMILES string of the molecule is C#Cc1cccc(NC(=O)CC2CC3CCC(C2)N3)c1. The lowest BCUT2D eigenvalue weighted by atomic mass is 9.89. The van der Waals surface area contributed by atoms with Crippen molar-refractivity contribution in [3.05, 3.63) is 29.8 Å². The summed E-state index contributed by atoms with van der Waals surface area (Å²) < 4.78 is 0. The van der Waals surface area contributed by atoms with Crippen LogP contribution >= 0.6 is 0 Å². The number of hydrogen-bond acceptors (Lipinski definition) is 2. The van der Waals surface area contributed by atoms with E-state index in [9.17, 15) is 4.79 Å². The largest absolute Gasteiger partial charge is 0.326 e. The monoisotopic (exact) mass is 268 g/mol. The molecule has 2 N–H and O–H groups in total. The minimum Gasteiger partial charge on any atom is -0.326 e. The highest BCUT2D eigenvalue weighted by atomic mass is 16.1. The molecule has 2 bridgehead atoms. The summed E-state index contributed by atoms with van der Waals surface area (Å²) in [5, 5.41) is 6.56. The Bertz CT molecular complexity index is 534. The minimum atomic E-state index is 0.102. The second-order valence-corrected chi connectivity index (χ2v) is 5.95. The zero-order valence-corrected chi connectivity index (χ0v) is 11.6. The molecule has 3 heteroatoms. The van der Waals surface area contributed by atoms with E-state index >= 15 is 0 Å². The van der Waals surface area contributed by atoms with Gasteiger partial charge >= 0.3 is 0 Å². The van der Waals surface area contributed by atoms with E-state index in [1.54, 1.807) is 0 Å². The highest BCUT2D eigenvalue weighted by Crippen LogP contribution is 2.32. The Balaban J connectivity index is 1.56. The van der Waals surface area contributed by atoms with E-state index in [0.29, 0.717) is 24.4 Å². The Kier molecular flexibility index (Phi) is 3.75. The van der Waals surface area contributed by atoms with Gasteiger partial charge in [-0.15, -0.1) is 6.42 Å². The van der Waals surface area contributed by atoms with Crippen molar-refractivity contribution in [3.63, 3.8) is 0 Å². The van der Waals surface area contributed by atoms with E-state index < -0.39 is 0 Å². The van der Waals surface area contributed by atoms with Gasteiger partial charge in [0, 0.05) is 29.8 Å². The summed E-state index contributed by atoms with van der Waals surface area (Å²) in [6.45, 7) is 0. The van der Waals surface area contributed by atoms with Crippen molar-refractivity contribution in [3.8, 4) is 12.3 Å². The molecule has 0 spiro atoms. The van der Waals surface area contributed by atoms with Gasteiger partial charge in [0.25, 0.3) is 0 Å². The van der Waals surface area contributed by atoms with Crippen LogP contribution in [0.25, 0.3) is 0 Å². The van der Waals surface area contributed by atoms with Crippen LogP contribution in [-0.4, -0.2) is 18.0 Å². The number of rotatable bonds is 3. The molecule has 3 rings (SSSR count). The van der Waals surface area contributed by atoms with Gasteiger partial charge in [-0.3, -0.25) is 4.79 Å². The standard InChI is InChI=1S/C17H20N2O/c1-2-12-4-3-5-14(8-12)19-17(20)11-13-9-15-6-7-16(10-13)18-15/h1,3-5,8,13,15-16,18H,6-7,9-11H2,(H,19,20). The molecule has 20 heavy (non-hydrogen) atoms. The van der Waals surface area contributed by atoms with Crippen LogP contribution in [0.1, 0.15) is 37.7 Å². The number of carbonyl (C=O) groups is 1. The number of piperidine rings is 1. The average molecular weight is 268 g/mol. The highest BCUT2D eigenvalue weighted by molar-refractivity contribution is 5.91. The number of fused-ring (bicyclic) bond motifs is 2. The molecule has 0 saturated carbocycles. The molecule has 2 fully saturated rings. The number of anilines is 1. The summed E-state index contributed by atoms with van der Waals surface area (Å²) in [6, 6.07) is 8.72. The van der Waals surface area contributed by atoms with Gasteiger partial charge in [-0.1, -0.05) is 12.0 Å². The third kappa shape index (κ3) is 3.02. The number of carbonyl (C=O) groups excluding carboxylic acids is 1. The van der Waals surface area contributed by atoms with Gasteiger partial charge in [-0.05, 0) is 49.8 Å². The van der Waals surface area contributed by atoms with Crippen molar-refractivity contribution < 1.29 is 4.79 Å². The van der Waals surface area contributed by atoms with Crippen molar-refractivity contribution in [1.82, 2.24) is 5.32 Å². The maximum atomic E-state index is 12.1. The minimum absolute atomic E-state index is 0.102. The molecule has 2 saturated heterocycles. The van der Waals surface area contributed by atoms with Crippen molar-refractivity contribution in [1.29, 1.82) is 0 Å². The summed E-state index contributed by atoms with van der Waals surface area (Å²) >= 11 is 0. The second kappa shape index (κ2) is 5.68. The van der Waals surface area contributed by atoms with Crippen LogP contribution in [0.2, 0.25) is 0 Å². The number of nitrogens with one attached hydrogen (secondary N) is 2. The van der Waals surface area contributed by atoms with Crippen molar-refractivity contribution in [2.75, 3.05) is 5.32 Å². The topological polar surface area (TPSA) is 41.1 Å². The van der Waals surface area contributed by atoms with Gasteiger partial charge < -0.3 is 10.6 Å². The van der Waals surface area contributed by atoms with Gasteiger partial charge in [0.2, 0.25) is 5.91 Å². The maximum Gasteiger partial charge on any atom is 0.224 e. The highest BCUT2D eigenvalue weighted by Gasteiger charge is 2.34. The van der Waals surface area contributed by atoms with E-state index in [-0.39, 0.29) is 5.91 Å². The zero-order valence-electron chi connectivity index (χ0n) is 11.6. The molecule has 0 aromatic heterocycles. The lowest BCUT2D eigenvalue weighted by molar-refractivity contribution is -0.117.